The van der Waals surface area contributed by atoms with Crippen molar-refractivity contribution < 1.29 is 13.2 Å². The van der Waals surface area contributed by atoms with Crippen molar-refractivity contribution >= 4 is 20.7 Å². The lowest BCUT2D eigenvalue weighted by Crippen LogP contribution is -2.00. The topological polar surface area (TPSA) is 56.3 Å². The standard InChI is InChI=1S/C12H13NO3S/c1-3-16-10-7-8-13-12-9(10)5-4-6-11(12)17(2,14)15/h4-8H,3H2,1-2H3. The highest BCUT2D eigenvalue weighted by molar-refractivity contribution is 7.91. The van der Waals surface area contributed by atoms with Crippen molar-refractivity contribution in [3.8, 4) is 5.75 Å². The van der Waals surface area contributed by atoms with E-state index >= 15 is 0 Å². The molecule has 1 heterocycles. The van der Waals surface area contributed by atoms with E-state index in [2.05, 4.69) is 4.98 Å². The average Bonchev–Trinajstić information content (AvgIpc) is 2.28. The van der Waals surface area contributed by atoms with Crippen molar-refractivity contribution in [3.05, 3.63) is 30.5 Å². The molecule has 0 aliphatic heterocycles. The molecule has 0 saturated heterocycles. The van der Waals surface area contributed by atoms with Gasteiger partial charge in [0.1, 0.15) is 5.75 Å². The Hall–Kier alpha value is -1.62. The number of hydrogen-bond acceptors (Lipinski definition) is 4. The monoisotopic (exact) mass is 251 g/mol. The second-order valence-electron chi connectivity index (χ2n) is 3.67. The first-order valence-electron chi connectivity index (χ1n) is 5.24. The van der Waals surface area contributed by atoms with E-state index in [0.29, 0.717) is 17.9 Å². The van der Waals surface area contributed by atoms with Crippen LogP contribution in [0.25, 0.3) is 10.9 Å². The minimum atomic E-state index is -3.28. The number of ether oxygens (including phenoxy) is 1. The summed E-state index contributed by atoms with van der Waals surface area (Å²) in [6.07, 6.45) is 2.73. The molecule has 2 aromatic rings. The van der Waals surface area contributed by atoms with Crippen LogP contribution < -0.4 is 4.74 Å². The van der Waals surface area contributed by atoms with E-state index in [9.17, 15) is 8.42 Å². The van der Waals surface area contributed by atoms with Crippen LogP contribution in [0.15, 0.2) is 35.4 Å². The Morgan fingerprint density at radius 1 is 1.29 bits per heavy atom. The Morgan fingerprint density at radius 2 is 2.06 bits per heavy atom. The van der Waals surface area contributed by atoms with Gasteiger partial charge in [-0.2, -0.15) is 0 Å². The highest BCUT2D eigenvalue weighted by atomic mass is 32.2. The predicted molar refractivity (Wildman–Crippen MR) is 66.0 cm³/mol. The number of pyridine rings is 1. The Bertz CT molecular complexity index is 650. The second-order valence-corrected chi connectivity index (χ2v) is 5.65. The molecule has 0 radical (unpaired) electrons. The van der Waals surface area contributed by atoms with Crippen LogP contribution in [0.2, 0.25) is 0 Å². The molecule has 0 saturated carbocycles. The summed E-state index contributed by atoms with van der Waals surface area (Å²) in [5.41, 5.74) is 0.459. The molecule has 0 unspecified atom stereocenters. The number of para-hydroxylation sites is 1. The van der Waals surface area contributed by atoms with Gasteiger partial charge in [-0.1, -0.05) is 6.07 Å². The van der Waals surface area contributed by atoms with Crippen LogP contribution in [-0.2, 0) is 9.84 Å². The normalized spacial score (nSPS) is 11.6. The fourth-order valence-electron chi connectivity index (χ4n) is 1.70. The summed E-state index contributed by atoms with van der Waals surface area (Å²) in [6, 6.07) is 6.79. The van der Waals surface area contributed by atoms with Crippen molar-refractivity contribution in [1.82, 2.24) is 4.98 Å². The summed E-state index contributed by atoms with van der Waals surface area (Å²) in [7, 11) is -3.28. The van der Waals surface area contributed by atoms with E-state index in [1.54, 1.807) is 24.4 Å². The Labute approximate surface area is 100 Å². The molecule has 0 fully saturated rings. The lowest BCUT2D eigenvalue weighted by Gasteiger charge is -2.08. The smallest absolute Gasteiger partial charge is 0.177 e. The Balaban J connectivity index is 2.79. The molecule has 0 aliphatic rings. The number of fused-ring (bicyclic) bond motifs is 1. The number of nitrogens with zero attached hydrogens (tertiary/aromatic N) is 1. The molecular formula is C12H13NO3S. The molecule has 2 rings (SSSR count). The van der Waals surface area contributed by atoms with E-state index < -0.39 is 9.84 Å². The van der Waals surface area contributed by atoms with Crippen LogP contribution in [0, 0.1) is 0 Å². The van der Waals surface area contributed by atoms with Gasteiger partial charge in [0.25, 0.3) is 0 Å². The molecule has 90 valence electrons. The van der Waals surface area contributed by atoms with Gasteiger partial charge in [-0.15, -0.1) is 0 Å². The summed E-state index contributed by atoms with van der Waals surface area (Å²) in [4.78, 5) is 4.36. The fourth-order valence-corrected chi connectivity index (χ4v) is 2.54. The molecule has 0 bridgehead atoms. The van der Waals surface area contributed by atoms with Crippen LogP contribution in [0.4, 0.5) is 0 Å². The SMILES string of the molecule is CCOc1ccnc2c(S(C)(=O)=O)cccc12. The van der Waals surface area contributed by atoms with Gasteiger partial charge in [-0.25, -0.2) is 8.42 Å². The van der Waals surface area contributed by atoms with Crippen molar-refractivity contribution in [2.75, 3.05) is 12.9 Å². The highest BCUT2D eigenvalue weighted by Gasteiger charge is 2.14. The molecule has 1 aromatic carbocycles. The molecule has 5 heteroatoms. The van der Waals surface area contributed by atoms with Crippen LogP contribution >= 0.6 is 0 Å². The van der Waals surface area contributed by atoms with Gasteiger partial charge in [0.15, 0.2) is 9.84 Å². The van der Waals surface area contributed by atoms with Gasteiger partial charge in [-0.3, -0.25) is 4.98 Å². The lowest BCUT2D eigenvalue weighted by molar-refractivity contribution is 0.344. The minimum Gasteiger partial charge on any atom is -0.493 e. The largest absolute Gasteiger partial charge is 0.493 e. The average molecular weight is 251 g/mol. The highest BCUT2D eigenvalue weighted by Crippen LogP contribution is 2.28. The minimum absolute atomic E-state index is 0.233. The molecular weight excluding hydrogens is 238 g/mol. The van der Waals surface area contributed by atoms with Crippen molar-refractivity contribution in [2.45, 2.75) is 11.8 Å². The molecule has 0 atom stereocenters. The third-order valence-electron chi connectivity index (χ3n) is 2.39. The van der Waals surface area contributed by atoms with Crippen LogP contribution in [0.1, 0.15) is 6.92 Å². The first-order valence-corrected chi connectivity index (χ1v) is 7.13. The van der Waals surface area contributed by atoms with Gasteiger partial charge in [0, 0.05) is 17.8 Å². The zero-order chi connectivity index (χ0) is 12.5. The molecule has 0 spiro atoms. The van der Waals surface area contributed by atoms with Gasteiger partial charge in [-0.05, 0) is 25.1 Å². The van der Waals surface area contributed by atoms with Crippen LogP contribution in [-0.4, -0.2) is 26.3 Å². The van der Waals surface area contributed by atoms with Gasteiger partial charge in [0.05, 0.1) is 17.0 Å². The van der Waals surface area contributed by atoms with Crippen molar-refractivity contribution in [1.29, 1.82) is 0 Å². The zero-order valence-corrected chi connectivity index (χ0v) is 10.5. The van der Waals surface area contributed by atoms with Crippen molar-refractivity contribution in [2.24, 2.45) is 0 Å². The maximum absolute atomic E-state index is 11.6. The summed E-state index contributed by atoms with van der Waals surface area (Å²) < 4.78 is 28.7. The zero-order valence-electron chi connectivity index (χ0n) is 9.67. The quantitative estimate of drug-likeness (QED) is 0.837. The van der Waals surface area contributed by atoms with Crippen molar-refractivity contribution in [3.63, 3.8) is 0 Å². The third-order valence-corrected chi connectivity index (χ3v) is 3.52. The molecule has 0 aliphatic carbocycles. The van der Waals surface area contributed by atoms with E-state index in [1.807, 2.05) is 13.0 Å². The van der Waals surface area contributed by atoms with Crippen LogP contribution in [0.5, 0.6) is 5.75 Å². The summed E-state index contributed by atoms with van der Waals surface area (Å²) >= 11 is 0. The van der Waals surface area contributed by atoms with Gasteiger partial charge < -0.3 is 4.74 Å². The van der Waals surface area contributed by atoms with Gasteiger partial charge in [0.2, 0.25) is 0 Å². The Morgan fingerprint density at radius 3 is 2.71 bits per heavy atom. The number of rotatable bonds is 3. The predicted octanol–water partition coefficient (Wildman–Crippen LogP) is 2.04. The first kappa shape index (κ1) is 11.9. The molecule has 0 N–H and O–H groups in total. The van der Waals surface area contributed by atoms with E-state index in [-0.39, 0.29) is 4.90 Å². The molecule has 1 aromatic heterocycles. The molecule has 0 amide bonds. The number of aromatic nitrogens is 1. The maximum Gasteiger partial charge on any atom is 0.177 e. The summed E-state index contributed by atoms with van der Waals surface area (Å²) in [5.74, 6) is 0.656. The second kappa shape index (κ2) is 4.33. The number of benzene rings is 1. The third kappa shape index (κ3) is 2.24. The van der Waals surface area contributed by atoms with E-state index in [1.165, 1.54) is 6.26 Å². The van der Waals surface area contributed by atoms with Gasteiger partial charge >= 0.3 is 0 Å². The number of hydrogen-bond donors (Lipinski definition) is 0. The fraction of sp³-hybridized carbons (Fsp3) is 0.250. The number of sulfone groups is 1. The molecule has 4 nitrogen and oxygen atoms in total. The summed E-state index contributed by atoms with van der Waals surface area (Å²) in [5, 5.41) is 0.720. The van der Waals surface area contributed by atoms with E-state index in [0.717, 1.165) is 5.39 Å². The lowest BCUT2D eigenvalue weighted by atomic mass is 10.2. The molecule has 17 heavy (non-hydrogen) atoms. The maximum atomic E-state index is 11.6. The van der Waals surface area contributed by atoms with E-state index in [4.69, 9.17) is 4.74 Å². The van der Waals surface area contributed by atoms with Crippen LogP contribution in [0.3, 0.4) is 0 Å². The first-order chi connectivity index (χ1) is 8.04. The Kier molecular flexibility index (Phi) is 3.02. The summed E-state index contributed by atoms with van der Waals surface area (Å²) in [6.45, 7) is 2.41.